The van der Waals surface area contributed by atoms with Crippen molar-refractivity contribution in [2.75, 3.05) is 12.1 Å². The molecule has 0 amide bonds. The molecule has 5 rings (SSSR count). The molecule has 2 heterocycles. The molecule has 2 aromatic carbocycles. The van der Waals surface area contributed by atoms with E-state index >= 15 is 0 Å². The van der Waals surface area contributed by atoms with Crippen LogP contribution in [0.4, 0.5) is 5.69 Å². The minimum atomic E-state index is 0.128. The van der Waals surface area contributed by atoms with Crippen molar-refractivity contribution in [1.82, 2.24) is 0 Å². The molecule has 0 radical (unpaired) electrons. The van der Waals surface area contributed by atoms with Crippen LogP contribution in [0, 0.1) is 5.92 Å². The Labute approximate surface area is 161 Å². The first-order valence-corrected chi connectivity index (χ1v) is 9.91. The first kappa shape index (κ1) is 16.2. The predicted molar refractivity (Wildman–Crippen MR) is 103 cm³/mol. The van der Waals surface area contributed by atoms with E-state index in [0.717, 1.165) is 27.2 Å². The smallest absolute Gasteiger partial charge is 0.231 e. The number of hydrogen-bond donors (Lipinski definition) is 1. The molecule has 1 N–H and O–H groups in total. The molecule has 1 fully saturated rings. The average Bonchev–Trinajstić information content (AvgIpc) is 3.29. The zero-order chi connectivity index (χ0) is 17.8. The van der Waals surface area contributed by atoms with Gasteiger partial charge in [0.15, 0.2) is 17.3 Å². The maximum Gasteiger partial charge on any atom is 0.231 e. The number of rotatable bonds is 2. The molecule has 1 aliphatic carbocycles. The van der Waals surface area contributed by atoms with Crippen LogP contribution >= 0.6 is 15.9 Å². The Bertz CT molecular complexity index is 910. The quantitative estimate of drug-likeness (QED) is 0.666. The standard InChI is InChI=1S/C21H20BrNO3/c1-11(24)12-5-6-18-15(7-12)13-3-2-4-14(13)21(23-18)16-8-19-20(9-17(16)22)26-10-25-19/h5-9,13-14,21,23H,2-4,10H2,1H3. The fourth-order valence-electron chi connectivity index (χ4n) is 4.75. The van der Waals surface area contributed by atoms with Gasteiger partial charge in [-0.25, -0.2) is 0 Å². The van der Waals surface area contributed by atoms with Crippen LogP contribution in [0.1, 0.15) is 59.6 Å². The van der Waals surface area contributed by atoms with E-state index in [1.165, 1.54) is 30.4 Å². The monoisotopic (exact) mass is 413 g/mol. The van der Waals surface area contributed by atoms with Crippen molar-refractivity contribution in [3.8, 4) is 11.5 Å². The zero-order valence-corrected chi connectivity index (χ0v) is 16.1. The third-order valence-electron chi connectivity index (χ3n) is 5.99. The fourth-order valence-corrected chi connectivity index (χ4v) is 5.32. The Morgan fingerprint density at radius 3 is 2.73 bits per heavy atom. The fraction of sp³-hybridized carbons (Fsp3) is 0.381. The Morgan fingerprint density at radius 1 is 1.12 bits per heavy atom. The Hall–Kier alpha value is -2.01. The van der Waals surface area contributed by atoms with Gasteiger partial charge in [-0.05, 0) is 73.1 Å². The number of nitrogens with one attached hydrogen (secondary N) is 1. The number of ether oxygens (including phenoxy) is 2. The van der Waals surface area contributed by atoms with Gasteiger partial charge in [-0.3, -0.25) is 4.79 Å². The summed E-state index contributed by atoms with van der Waals surface area (Å²) in [6.07, 6.45) is 3.59. The van der Waals surface area contributed by atoms with Crippen LogP contribution in [0.3, 0.4) is 0 Å². The first-order chi connectivity index (χ1) is 12.6. The van der Waals surface area contributed by atoms with Crippen LogP contribution < -0.4 is 14.8 Å². The molecule has 2 aromatic rings. The third-order valence-corrected chi connectivity index (χ3v) is 6.68. The highest BCUT2D eigenvalue weighted by Gasteiger charge is 2.41. The summed E-state index contributed by atoms with van der Waals surface area (Å²) in [7, 11) is 0. The van der Waals surface area contributed by atoms with Crippen molar-refractivity contribution in [2.45, 2.75) is 38.1 Å². The molecular formula is C21H20BrNO3. The lowest BCUT2D eigenvalue weighted by atomic mass is 9.77. The van der Waals surface area contributed by atoms with E-state index in [0.29, 0.717) is 11.8 Å². The predicted octanol–water partition coefficient (Wildman–Crippen LogP) is 5.43. The summed E-state index contributed by atoms with van der Waals surface area (Å²) in [5.74, 6) is 2.75. The van der Waals surface area contributed by atoms with Gasteiger partial charge >= 0.3 is 0 Å². The van der Waals surface area contributed by atoms with Gasteiger partial charge in [-0.2, -0.15) is 0 Å². The van der Waals surface area contributed by atoms with E-state index in [2.05, 4.69) is 39.4 Å². The van der Waals surface area contributed by atoms with Crippen LogP contribution in [0.2, 0.25) is 0 Å². The van der Waals surface area contributed by atoms with Crippen molar-refractivity contribution in [3.63, 3.8) is 0 Å². The van der Waals surface area contributed by atoms with Gasteiger partial charge in [0.2, 0.25) is 6.79 Å². The minimum absolute atomic E-state index is 0.128. The summed E-state index contributed by atoms with van der Waals surface area (Å²) < 4.78 is 12.1. The second-order valence-electron chi connectivity index (χ2n) is 7.41. The van der Waals surface area contributed by atoms with E-state index in [-0.39, 0.29) is 18.6 Å². The summed E-state index contributed by atoms with van der Waals surface area (Å²) in [5, 5.41) is 3.75. The third kappa shape index (κ3) is 2.44. The Morgan fingerprint density at radius 2 is 1.92 bits per heavy atom. The summed E-state index contributed by atoms with van der Waals surface area (Å²) >= 11 is 3.73. The lowest BCUT2D eigenvalue weighted by Crippen LogP contribution is -2.29. The highest BCUT2D eigenvalue weighted by atomic mass is 79.9. The molecule has 0 saturated heterocycles. The second-order valence-corrected chi connectivity index (χ2v) is 8.26. The highest BCUT2D eigenvalue weighted by molar-refractivity contribution is 9.10. The number of anilines is 1. The van der Waals surface area contributed by atoms with Gasteiger partial charge in [0.05, 0.1) is 6.04 Å². The molecule has 3 unspecified atom stereocenters. The van der Waals surface area contributed by atoms with Gasteiger partial charge in [0, 0.05) is 15.7 Å². The molecule has 4 nitrogen and oxygen atoms in total. The summed E-state index contributed by atoms with van der Waals surface area (Å²) in [5.41, 5.74) is 4.47. The van der Waals surface area contributed by atoms with E-state index in [4.69, 9.17) is 9.47 Å². The van der Waals surface area contributed by atoms with Crippen molar-refractivity contribution in [2.24, 2.45) is 5.92 Å². The molecule has 0 bridgehead atoms. The van der Waals surface area contributed by atoms with Crippen LogP contribution in [0.15, 0.2) is 34.8 Å². The van der Waals surface area contributed by atoms with Gasteiger partial charge < -0.3 is 14.8 Å². The topological polar surface area (TPSA) is 47.6 Å². The van der Waals surface area contributed by atoms with E-state index in [9.17, 15) is 4.79 Å². The molecule has 3 atom stereocenters. The molecule has 0 spiro atoms. The molecule has 3 aliphatic rings. The maximum absolute atomic E-state index is 11.8. The number of hydrogen-bond acceptors (Lipinski definition) is 4. The molecule has 134 valence electrons. The average molecular weight is 414 g/mol. The number of ketones is 1. The first-order valence-electron chi connectivity index (χ1n) is 9.12. The number of Topliss-reactive ketones (excluding diaryl/α,β-unsaturated/α-hetero) is 1. The van der Waals surface area contributed by atoms with E-state index in [1.807, 2.05) is 12.1 Å². The molecule has 1 saturated carbocycles. The number of halogens is 1. The van der Waals surface area contributed by atoms with E-state index in [1.54, 1.807) is 6.92 Å². The van der Waals surface area contributed by atoms with Gasteiger partial charge in [-0.15, -0.1) is 0 Å². The van der Waals surface area contributed by atoms with E-state index < -0.39 is 0 Å². The molecule has 26 heavy (non-hydrogen) atoms. The zero-order valence-electron chi connectivity index (χ0n) is 14.5. The van der Waals surface area contributed by atoms with Crippen LogP contribution in [0.5, 0.6) is 11.5 Å². The Kier molecular flexibility index (Phi) is 3.74. The molecule has 5 heteroatoms. The second kappa shape index (κ2) is 6.02. The van der Waals surface area contributed by atoms with Crippen molar-refractivity contribution < 1.29 is 14.3 Å². The Balaban J connectivity index is 1.59. The summed E-state index contributed by atoms with van der Waals surface area (Å²) in [6, 6.07) is 10.4. The van der Waals surface area contributed by atoms with Crippen LogP contribution in [-0.2, 0) is 0 Å². The number of carbonyl (C=O) groups excluding carboxylic acids is 1. The van der Waals surface area contributed by atoms with Gasteiger partial charge in [-0.1, -0.05) is 22.4 Å². The largest absolute Gasteiger partial charge is 0.454 e. The summed E-state index contributed by atoms with van der Waals surface area (Å²) in [4.78, 5) is 11.8. The number of benzene rings is 2. The molecule has 2 aliphatic heterocycles. The normalized spacial score (nSPS) is 25.4. The van der Waals surface area contributed by atoms with Crippen molar-refractivity contribution in [1.29, 1.82) is 0 Å². The maximum atomic E-state index is 11.8. The van der Waals surface area contributed by atoms with Crippen molar-refractivity contribution >= 4 is 27.4 Å². The lowest BCUT2D eigenvalue weighted by molar-refractivity contribution is 0.101. The van der Waals surface area contributed by atoms with Gasteiger partial charge in [0.1, 0.15) is 0 Å². The lowest BCUT2D eigenvalue weighted by Gasteiger charge is -2.38. The SMILES string of the molecule is CC(=O)c1ccc2c(c1)C1CCCC1C(c1cc3c(cc1Br)OCO3)N2. The number of carbonyl (C=O) groups is 1. The van der Waals surface area contributed by atoms with Gasteiger partial charge in [0.25, 0.3) is 0 Å². The van der Waals surface area contributed by atoms with Crippen LogP contribution in [-0.4, -0.2) is 12.6 Å². The molecule has 0 aromatic heterocycles. The minimum Gasteiger partial charge on any atom is -0.454 e. The number of fused-ring (bicyclic) bond motifs is 4. The van der Waals surface area contributed by atoms with Crippen LogP contribution in [0.25, 0.3) is 0 Å². The highest BCUT2D eigenvalue weighted by Crippen LogP contribution is 2.54. The van der Waals surface area contributed by atoms with Crippen molar-refractivity contribution in [3.05, 3.63) is 51.5 Å². The summed E-state index contributed by atoms with van der Waals surface area (Å²) in [6.45, 7) is 1.92. The molecular weight excluding hydrogens is 394 g/mol.